The number of thiophene rings is 1. The summed E-state index contributed by atoms with van der Waals surface area (Å²) in [7, 11) is 0. The van der Waals surface area contributed by atoms with E-state index in [-0.39, 0.29) is 23.5 Å². The molecule has 0 amide bonds. The van der Waals surface area contributed by atoms with Gasteiger partial charge in [-0.2, -0.15) is 0 Å². The van der Waals surface area contributed by atoms with Crippen LogP contribution in [0.5, 0.6) is 0 Å². The van der Waals surface area contributed by atoms with Gasteiger partial charge in [-0.3, -0.25) is 10.1 Å². The summed E-state index contributed by atoms with van der Waals surface area (Å²) < 4.78 is 5.22. The molecule has 2 heterocycles. The van der Waals surface area contributed by atoms with E-state index in [4.69, 9.17) is 16.2 Å². The second-order valence-electron chi connectivity index (χ2n) is 6.52. The van der Waals surface area contributed by atoms with Crippen molar-refractivity contribution in [2.75, 3.05) is 11.5 Å². The van der Waals surface area contributed by atoms with Gasteiger partial charge in [0.05, 0.1) is 15.9 Å². The molecule has 0 bridgehead atoms. The highest BCUT2D eigenvalue weighted by Crippen LogP contribution is 2.37. The summed E-state index contributed by atoms with van der Waals surface area (Å²) in [6.45, 7) is -0.181. The summed E-state index contributed by atoms with van der Waals surface area (Å²) in [5, 5.41) is 11.9. The standard InChI is InChI=1S/C18H17N5O4S/c19-11-6-5-9(7-12(11)23(25)26)18(24)27-8-14-21-16(20)15-10-3-1-2-4-13(10)28-17(15)22-14/h5-7H,1-4,8,19H2,(H2,20,21,22). The van der Waals surface area contributed by atoms with Gasteiger partial charge in [-0.05, 0) is 43.4 Å². The molecule has 0 atom stereocenters. The van der Waals surface area contributed by atoms with Crippen molar-refractivity contribution >= 4 is 44.7 Å². The summed E-state index contributed by atoms with van der Waals surface area (Å²) in [6, 6.07) is 3.76. The maximum absolute atomic E-state index is 12.2. The fourth-order valence-corrected chi connectivity index (χ4v) is 4.63. The van der Waals surface area contributed by atoms with E-state index in [9.17, 15) is 14.9 Å². The molecule has 0 radical (unpaired) electrons. The smallest absolute Gasteiger partial charge is 0.338 e. The number of carbonyl (C=O) groups is 1. The van der Waals surface area contributed by atoms with Crippen LogP contribution < -0.4 is 11.5 Å². The Morgan fingerprint density at radius 2 is 2.04 bits per heavy atom. The summed E-state index contributed by atoms with van der Waals surface area (Å²) >= 11 is 1.61. The van der Waals surface area contributed by atoms with E-state index in [1.54, 1.807) is 11.3 Å². The average molecular weight is 399 g/mol. The Hall–Kier alpha value is -3.27. The molecule has 4 rings (SSSR count). The van der Waals surface area contributed by atoms with Crippen molar-refractivity contribution < 1.29 is 14.5 Å². The lowest BCUT2D eigenvalue weighted by Crippen LogP contribution is -2.09. The number of hydrogen-bond donors (Lipinski definition) is 2. The van der Waals surface area contributed by atoms with Crippen LogP contribution in [0.3, 0.4) is 0 Å². The second-order valence-corrected chi connectivity index (χ2v) is 7.61. The maximum Gasteiger partial charge on any atom is 0.338 e. The van der Waals surface area contributed by atoms with E-state index < -0.39 is 10.9 Å². The Kier molecular flexibility index (Phi) is 4.55. The van der Waals surface area contributed by atoms with Crippen LogP contribution >= 0.6 is 11.3 Å². The van der Waals surface area contributed by atoms with Gasteiger partial charge < -0.3 is 16.2 Å². The first-order valence-electron chi connectivity index (χ1n) is 8.71. The van der Waals surface area contributed by atoms with E-state index in [1.165, 1.54) is 22.6 Å². The topological polar surface area (TPSA) is 147 Å². The van der Waals surface area contributed by atoms with Crippen molar-refractivity contribution in [3.05, 3.63) is 50.1 Å². The number of carbonyl (C=O) groups excluding carboxylic acids is 1. The van der Waals surface area contributed by atoms with Crippen LogP contribution in [0, 0.1) is 10.1 Å². The van der Waals surface area contributed by atoms with Gasteiger partial charge in [0.15, 0.2) is 12.4 Å². The highest BCUT2D eigenvalue weighted by Gasteiger charge is 2.21. The number of nitrogens with zero attached hydrogens (tertiary/aromatic N) is 3. The predicted molar refractivity (Wildman–Crippen MR) is 105 cm³/mol. The Morgan fingerprint density at radius 3 is 2.82 bits per heavy atom. The first-order valence-corrected chi connectivity index (χ1v) is 9.53. The number of rotatable bonds is 4. The molecule has 9 nitrogen and oxygen atoms in total. The molecular formula is C18H17N5O4S. The number of aromatic nitrogens is 2. The first-order chi connectivity index (χ1) is 13.4. The summed E-state index contributed by atoms with van der Waals surface area (Å²) in [5.74, 6) is -0.0451. The van der Waals surface area contributed by atoms with Gasteiger partial charge in [0.2, 0.25) is 0 Å². The van der Waals surface area contributed by atoms with Gasteiger partial charge in [0, 0.05) is 10.9 Å². The Balaban J connectivity index is 1.55. The van der Waals surface area contributed by atoms with Crippen LogP contribution in [0.25, 0.3) is 10.2 Å². The first kappa shape index (κ1) is 18.1. The summed E-state index contributed by atoms with van der Waals surface area (Å²) in [6.07, 6.45) is 4.29. The Labute approximate surface area is 163 Å². The highest BCUT2D eigenvalue weighted by atomic mass is 32.1. The van der Waals surface area contributed by atoms with Crippen molar-refractivity contribution in [1.82, 2.24) is 9.97 Å². The van der Waals surface area contributed by atoms with Gasteiger partial charge >= 0.3 is 5.97 Å². The second kappa shape index (κ2) is 7.04. The molecule has 28 heavy (non-hydrogen) atoms. The molecule has 0 saturated carbocycles. The van der Waals surface area contributed by atoms with Gasteiger partial charge in [-0.15, -0.1) is 11.3 Å². The van der Waals surface area contributed by atoms with Gasteiger partial charge in [-0.25, -0.2) is 14.8 Å². The number of nitrogens with two attached hydrogens (primary N) is 2. The van der Waals surface area contributed by atoms with Crippen LogP contribution in [0.2, 0.25) is 0 Å². The predicted octanol–water partition coefficient (Wildman–Crippen LogP) is 3.00. The number of nitrogen functional groups attached to an aromatic ring is 2. The molecule has 2 aromatic heterocycles. The fourth-order valence-electron chi connectivity index (χ4n) is 3.34. The molecule has 0 spiro atoms. The number of anilines is 2. The van der Waals surface area contributed by atoms with E-state index in [1.807, 2.05) is 0 Å². The molecule has 0 aliphatic heterocycles. The van der Waals surface area contributed by atoms with E-state index in [0.717, 1.165) is 42.0 Å². The van der Waals surface area contributed by atoms with Crippen LogP contribution in [0.4, 0.5) is 17.2 Å². The largest absolute Gasteiger partial charge is 0.454 e. The minimum absolute atomic E-state index is 0.0234. The minimum Gasteiger partial charge on any atom is -0.454 e. The average Bonchev–Trinajstić information content (AvgIpc) is 3.05. The number of esters is 1. The third kappa shape index (κ3) is 3.22. The van der Waals surface area contributed by atoms with Crippen LogP contribution in [0.1, 0.15) is 39.5 Å². The van der Waals surface area contributed by atoms with Gasteiger partial charge in [-0.1, -0.05) is 0 Å². The van der Waals surface area contributed by atoms with Crippen LogP contribution in [-0.2, 0) is 24.2 Å². The lowest BCUT2D eigenvalue weighted by Gasteiger charge is -2.10. The number of hydrogen-bond acceptors (Lipinski definition) is 9. The molecule has 1 aromatic carbocycles. The number of benzene rings is 1. The third-order valence-corrected chi connectivity index (χ3v) is 5.87. The van der Waals surface area contributed by atoms with Crippen molar-refractivity contribution in [3.8, 4) is 0 Å². The SMILES string of the molecule is Nc1ccc(C(=O)OCc2nc(N)c3c4c(sc3n2)CCCC4)cc1[N+](=O)[O-]. The quantitative estimate of drug-likeness (QED) is 0.294. The molecule has 144 valence electrons. The molecule has 10 heteroatoms. The highest BCUT2D eigenvalue weighted by molar-refractivity contribution is 7.19. The Morgan fingerprint density at radius 1 is 1.25 bits per heavy atom. The van der Waals surface area contributed by atoms with Crippen molar-refractivity contribution in [2.45, 2.75) is 32.3 Å². The maximum atomic E-state index is 12.2. The van der Waals surface area contributed by atoms with Crippen molar-refractivity contribution in [3.63, 3.8) is 0 Å². The minimum atomic E-state index is -0.726. The molecule has 0 saturated heterocycles. The summed E-state index contributed by atoms with van der Waals surface area (Å²) in [4.78, 5) is 33.4. The fraction of sp³-hybridized carbons (Fsp3) is 0.278. The number of aryl methyl sites for hydroxylation is 2. The molecule has 1 aliphatic carbocycles. The lowest BCUT2D eigenvalue weighted by molar-refractivity contribution is -0.383. The number of ether oxygens (including phenoxy) is 1. The number of nitro groups is 1. The number of fused-ring (bicyclic) bond motifs is 3. The zero-order chi connectivity index (χ0) is 19.8. The Bertz CT molecular complexity index is 1110. The molecule has 4 N–H and O–H groups in total. The molecular weight excluding hydrogens is 382 g/mol. The van der Waals surface area contributed by atoms with Crippen LogP contribution in [-0.4, -0.2) is 20.9 Å². The summed E-state index contributed by atoms with van der Waals surface area (Å²) in [5.41, 5.74) is 12.6. The van der Waals surface area contributed by atoms with E-state index in [0.29, 0.717) is 11.6 Å². The lowest BCUT2D eigenvalue weighted by atomic mass is 9.97. The number of nitro benzene ring substituents is 1. The molecule has 3 aromatic rings. The van der Waals surface area contributed by atoms with E-state index >= 15 is 0 Å². The van der Waals surface area contributed by atoms with Crippen molar-refractivity contribution in [2.24, 2.45) is 0 Å². The van der Waals surface area contributed by atoms with Crippen molar-refractivity contribution in [1.29, 1.82) is 0 Å². The molecule has 0 unspecified atom stereocenters. The third-order valence-electron chi connectivity index (χ3n) is 4.68. The normalized spacial score (nSPS) is 13.3. The van der Waals surface area contributed by atoms with E-state index in [2.05, 4.69) is 9.97 Å². The monoisotopic (exact) mass is 399 g/mol. The van der Waals surface area contributed by atoms with Gasteiger partial charge in [0.1, 0.15) is 16.3 Å². The molecule has 0 fully saturated rings. The zero-order valence-corrected chi connectivity index (χ0v) is 15.6. The van der Waals surface area contributed by atoms with Gasteiger partial charge in [0.25, 0.3) is 5.69 Å². The zero-order valence-electron chi connectivity index (χ0n) is 14.8. The molecule has 1 aliphatic rings. The van der Waals surface area contributed by atoms with Crippen LogP contribution in [0.15, 0.2) is 18.2 Å².